The molecule has 110 valence electrons. The van der Waals surface area contributed by atoms with Crippen LogP contribution in [0.4, 0.5) is 10.1 Å². The Labute approximate surface area is 119 Å². The van der Waals surface area contributed by atoms with Gasteiger partial charge in [0, 0.05) is 6.54 Å². The van der Waals surface area contributed by atoms with Gasteiger partial charge in [-0.2, -0.15) is 0 Å². The van der Waals surface area contributed by atoms with E-state index < -0.39 is 5.97 Å². The first-order valence-corrected chi connectivity index (χ1v) is 7.22. The standard InChI is InChI=1S/C16H22FNO2/c1-11-3-5-12(6-4-11)10-18-15-9-13(16(19)20-2)7-8-14(15)17/h7-9,11-12,18H,3-6,10H2,1-2H3. The van der Waals surface area contributed by atoms with Crippen molar-refractivity contribution in [1.82, 2.24) is 0 Å². The summed E-state index contributed by atoms with van der Waals surface area (Å²) in [5, 5.41) is 3.13. The molecule has 0 spiro atoms. The molecule has 0 aliphatic heterocycles. The van der Waals surface area contributed by atoms with E-state index in [9.17, 15) is 9.18 Å². The maximum Gasteiger partial charge on any atom is 0.337 e. The van der Waals surface area contributed by atoms with Crippen LogP contribution in [0.25, 0.3) is 0 Å². The van der Waals surface area contributed by atoms with Crippen LogP contribution in [0.2, 0.25) is 0 Å². The van der Waals surface area contributed by atoms with Gasteiger partial charge in [0.05, 0.1) is 18.4 Å². The van der Waals surface area contributed by atoms with E-state index in [4.69, 9.17) is 0 Å². The van der Waals surface area contributed by atoms with Crippen LogP contribution in [0.1, 0.15) is 43.0 Å². The van der Waals surface area contributed by atoms with Crippen molar-refractivity contribution in [2.24, 2.45) is 11.8 Å². The van der Waals surface area contributed by atoms with Crippen LogP contribution in [-0.2, 0) is 4.74 Å². The number of ether oxygens (including phenoxy) is 1. The number of esters is 1. The molecule has 1 fully saturated rings. The summed E-state index contributed by atoms with van der Waals surface area (Å²) < 4.78 is 18.4. The van der Waals surface area contributed by atoms with Crippen LogP contribution < -0.4 is 5.32 Å². The number of hydrogen-bond donors (Lipinski definition) is 1. The van der Waals surface area contributed by atoms with Gasteiger partial charge in [0.25, 0.3) is 0 Å². The molecule has 2 rings (SSSR count). The molecule has 1 saturated carbocycles. The molecule has 0 heterocycles. The highest BCUT2D eigenvalue weighted by molar-refractivity contribution is 5.90. The highest BCUT2D eigenvalue weighted by Gasteiger charge is 2.18. The van der Waals surface area contributed by atoms with Gasteiger partial charge in [0.1, 0.15) is 5.82 Å². The van der Waals surface area contributed by atoms with Gasteiger partial charge in [0.2, 0.25) is 0 Å². The minimum atomic E-state index is -0.445. The second kappa shape index (κ2) is 6.73. The smallest absolute Gasteiger partial charge is 0.337 e. The molecule has 0 amide bonds. The van der Waals surface area contributed by atoms with E-state index >= 15 is 0 Å². The van der Waals surface area contributed by atoms with E-state index in [2.05, 4.69) is 17.0 Å². The predicted octanol–water partition coefficient (Wildman–Crippen LogP) is 3.85. The molecule has 1 aromatic rings. The van der Waals surface area contributed by atoms with Crippen molar-refractivity contribution in [2.45, 2.75) is 32.6 Å². The van der Waals surface area contributed by atoms with Crippen molar-refractivity contribution in [2.75, 3.05) is 19.0 Å². The number of methoxy groups -OCH3 is 1. The van der Waals surface area contributed by atoms with Crippen LogP contribution in [0.15, 0.2) is 18.2 Å². The van der Waals surface area contributed by atoms with Crippen LogP contribution >= 0.6 is 0 Å². The number of nitrogens with one attached hydrogen (secondary N) is 1. The van der Waals surface area contributed by atoms with Gasteiger partial charge in [-0.1, -0.05) is 19.8 Å². The molecule has 0 radical (unpaired) electrons. The van der Waals surface area contributed by atoms with Gasteiger partial charge in [-0.15, -0.1) is 0 Å². The van der Waals surface area contributed by atoms with Crippen molar-refractivity contribution in [3.8, 4) is 0 Å². The quantitative estimate of drug-likeness (QED) is 0.851. The molecule has 0 bridgehead atoms. The van der Waals surface area contributed by atoms with Crippen molar-refractivity contribution in [3.05, 3.63) is 29.6 Å². The van der Waals surface area contributed by atoms with Crippen molar-refractivity contribution >= 4 is 11.7 Å². The zero-order chi connectivity index (χ0) is 14.5. The molecule has 0 saturated heterocycles. The third kappa shape index (κ3) is 3.71. The van der Waals surface area contributed by atoms with E-state index in [1.165, 1.54) is 51.0 Å². The molecule has 20 heavy (non-hydrogen) atoms. The minimum Gasteiger partial charge on any atom is -0.465 e. The Balaban J connectivity index is 1.96. The number of rotatable bonds is 4. The van der Waals surface area contributed by atoms with Gasteiger partial charge < -0.3 is 10.1 Å². The first-order chi connectivity index (χ1) is 9.60. The number of halogens is 1. The van der Waals surface area contributed by atoms with E-state index in [1.807, 2.05) is 0 Å². The molecule has 1 aromatic carbocycles. The summed E-state index contributed by atoms with van der Waals surface area (Å²) in [5.41, 5.74) is 0.750. The number of hydrogen-bond acceptors (Lipinski definition) is 3. The molecular formula is C16H22FNO2. The van der Waals surface area contributed by atoms with Gasteiger partial charge in [0.15, 0.2) is 0 Å². The van der Waals surface area contributed by atoms with Gasteiger partial charge in [-0.05, 0) is 42.9 Å². The highest BCUT2D eigenvalue weighted by atomic mass is 19.1. The van der Waals surface area contributed by atoms with E-state index in [-0.39, 0.29) is 5.82 Å². The SMILES string of the molecule is COC(=O)c1ccc(F)c(NCC2CCC(C)CC2)c1. The lowest BCUT2D eigenvalue weighted by Gasteiger charge is -2.26. The van der Waals surface area contributed by atoms with Crippen molar-refractivity contribution in [1.29, 1.82) is 0 Å². The average Bonchev–Trinajstić information content (AvgIpc) is 2.47. The minimum absolute atomic E-state index is 0.332. The Morgan fingerprint density at radius 2 is 2.05 bits per heavy atom. The average molecular weight is 279 g/mol. The molecular weight excluding hydrogens is 257 g/mol. The van der Waals surface area contributed by atoms with Crippen LogP contribution in [0.5, 0.6) is 0 Å². The van der Waals surface area contributed by atoms with Crippen LogP contribution in [0.3, 0.4) is 0 Å². The fraction of sp³-hybridized carbons (Fsp3) is 0.562. The Morgan fingerprint density at radius 1 is 1.35 bits per heavy atom. The zero-order valence-electron chi connectivity index (χ0n) is 12.1. The summed E-state index contributed by atoms with van der Waals surface area (Å²) in [6, 6.07) is 4.26. The normalized spacial score (nSPS) is 22.4. The number of benzene rings is 1. The summed E-state index contributed by atoms with van der Waals surface area (Å²) >= 11 is 0. The lowest BCUT2D eigenvalue weighted by atomic mass is 9.83. The lowest BCUT2D eigenvalue weighted by Crippen LogP contribution is -2.20. The highest BCUT2D eigenvalue weighted by Crippen LogP contribution is 2.28. The largest absolute Gasteiger partial charge is 0.465 e. The summed E-state index contributed by atoms with van der Waals surface area (Å²) in [6.45, 7) is 3.04. The summed E-state index contributed by atoms with van der Waals surface area (Å²) in [7, 11) is 1.32. The van der Waals surface area contributed by atoms with Gasteiger partial charge in [-0.3, -0.25) is 0 Å². The van der Waals surface area contributed by atoms with Crippen molar-refractivity contribution in [3.63, 3.8) is 0 Å². The molecule has 1 aliphatic carbocycles. The molecule has 4 heteroatoms. The van der Waals surface area contributed by atoms with E-state index in [1.54, 1.807) is 0 Å². The Hall–Kier alpha value is -1.58. The molecule has 0 atom stereocenters. The molecule has 0 aromatic heterocycles. The summed E-state index contributed by atoms with van der Waals surface area (Å²) in [6.07, 6.45) is 4.87. The molecule has 0 unspecified atom stereocenters. The molecule has 1 aliphatic rings. The first-order valence-electron chi connectivity index (χ1n) is 7.22. The number of carbonyl (C=O) groups excluding carboxylic acids is 1. The van der Waals surface area contributed by atoms with Crippen LogP contribution in [-0.4, -0.2) is 19.6 Å². The monoisotopic (exact) mass is 279 g/mol. The fourth-order valence-corrected chi connectivity index (χ4v) is 2.69. The van der Waals surface area contributed by atoms with Crippen LogP contribution in [0, 0.1) is 17.7 Å². The maximum atomic E-state index is 13.7. The third-order valence-electron chi connectivity index (χ3n) is 4.10. The Morgan fingerprint density at radius 3 is 2.70 bits per heavy atom. The number of anilines is 1. The van der Waals surface area contributed by atoms with E-state index in [0.29, 0.717) is 17.2 Å². The topological polar surface area (TPSA) is 38.3 Å². The fourth-order valence-electron chi connectivity index (χ4n) is 2.69. The van der Waals surface area contributed by atoms with Gasteiger partial charge >= 0.3 is 5.97 Å². The molecule has 1 N–H and O–H groups in total. The first kappa shape index (κ1) is 14.8. The lowest BCUT2D eigenvalue weighted by molar-refractivity contribution is 0.0600. The third-order valence-corrected chi connectivity index (χ3v) is 4.10. The second-order valence-corrected chi connectivity index (χ2v) is 5.69. The zero-order valence-corrected chi connectivity index (χ0v) is 12.1. The summed E-state index contributed by atoms with van der Waals surface area (Å²) in [4.78, 5) is 11.4. The number of carbonyl (C=O) groups is 1. The predicted molar refractivity (Wildman–Crippen MR) is 77.4 cm³/mol. The summed E-state index contributed by atoms with van der Waals surface area (Å²) in [5.74, 6) is 0.624. The van der Waals surface area contributed by atoms with Gasteiger partial charge in [-0.25, -0.2) is 9.18 Å². The Kier molecular flexibility index (Phi) is 4.99. The maximum absolute atomic E-state index is 13.7. The van der Waals surface area contributed by atoms with Crippen molar-refractivity contribution < 1.29 is 13.9 Å². The Bertz CT molecular complexity index is 468. The van der Waals surface area contributed by atoms with E-state index in [0.717, 1.165) is 12.5 Å². The second-order valence-electron chi connectivity index (χ2n) is 5.69. The molecule has 3 nitrogen and oxygen atoms in total.